The minimum atomic E-state index is -4.85. The van der Waals surface area contributed by atoms with Crippen LogP contribution in [0.2, 0.25) is 0 Å². The maximum absolute atomic E-state index is 9.70. The average Bonchev–Trinajstić information content (AvgIpc) is 1.62. The van der Waals surface area contributed by atoms with Gasteiger partial charge in [-0.25, -0.2) is 4.79 Å². The number of carbonyl (C=O) groups is 1. The first-order chi connectivity index (χ1) is 3.85. The first-order valence-electron chi connectivity index (χ1n) is 1.73. The van der Waals surface area contributed by atoms with E-state index in [4.69, 9.17) is 14.8 Å². The van der Waals surface area contributed by atoms with Gasteiger partial charge in [-0.05, 0) is 0 Å². The molecule has 0 amide bonds. The van der Waals surface area contributed by atoms with Gasteiger partial charge in [0.1, 0.15) is 0 Å². The molecule has 0 fully saturated rings. The molecule has 0 radical (unpaired) electrons. The number of aliphatic hydroxyl groups is 1. The van der Waals surface area contributed by atoms with Crippen LogP contribution in [0.3, 0.4) is 0 Å². The number of rotatable bonds is 2. The Labute approximate surface area is 78.9 Å². The van der Waals surface area contributed by atoms with Crippen LogP contribution in [0, 0.1) is 0 Å². The zero-order valence-electron chi connectivity index (χ0n) is 4.05. The van der Waals surface area contributed by atoms with Crippen molar-refractivity contribution in [2.75, 3.05) is 0 Å². The topological polar surface area (TPSA) is 112 Å². The van der Waals surface area contributed by atoms with E-state index in [1.807, 2.05) is 0 Å². The molecule has 0 heterocycles. The van der Waals surface area contributed by atoms with E-state index in [9.17, 15) is 13.2 Å². The molecule has 8 heteroatoms. The van der Waals surface area contributed by atoms with Crippen molar-refractivity contribution in [2.24, 2.45) is 0 Å². The summed E-state index contributed by atoms with van der Waals surface area (Å²) in [5.74, 6) is -2.00. The third kappa shape index (κ3) is 4.20. The van der Waals surface area contributed by atoms with Crippen LogP contribution in [0.1, 0.15) is 0 Å². The van der Waals surface area contributed by atoms with E-state index in [1.54, 1.807) is 0 Å². The summed E-state index contributed by atoms with van der Waals surface area (Å²) in [5, 5.41) is 15.8. The molecule has 0 saturated carbocycles. The third-order valence-corrected chi connectivity index (χ3v) is 1.26. The van der Waals surface area contributed by atoms with Crippen LogP contribution in [-0.4, -0.2) is 64.1 Å². The molecule has 56 valence electrons. The summed E-state index contributed by atoms with van der Waals surface area (Å²) in [4.78, 5) is 9.56. The predicted molar refractivity (Wildman–Crippen MR) is 32.3 cm³/mol. The van der Waals surface area contributed by atoms with Crippen molar-refractivity contribution in [3.05, 3.63) is 0 Å². The molecule has 0 saturated heterocycles. The predicted octanol–water partition coefficient (Wildman–Crippen LogP) is -2.37. The zero-order valence-corrected chi connectivity index (χ0v) is 4.87. The Balaban J connectivity index is 0. The van der Waals surface area contributed by atoms with E-state index in [2.05, 4.69) is 0 Å². The molecule has 3 N–H and O–H groups in total. The number of carboxylic acids is 1. The fourth-order valence-electron chi connectivity index (χ4n) is 0.127. The van der Waals surface area contributed by atoms with Gasteiger partial charge in [-0.2, -0.15) is 8.42 Å². The summed E-state index contributed by atoms with van der Waals surface area (Å²) in [6.07, 6.45) is 0. The van der Waals surface area contributed by atoms with Gasteiger partial charge in [0, 0.05) is 0 Å². The number of carboxylic acid groups (broad SMARTS) is 1. The molecule has 0 bridgehead atoms. The molecule has 0 aromatic rings. The third-order valence-electron chi connectivity index (χ3n) is 0.493. The van der Waals surface area contributed by atoms with Gasteiger partial charge in [-0.1, -0.05) is 0 Å². The van der Waals surface area contributed by atoms with Crippen LogP contribution < -0.4 is 0 Å². The normalized spacial score (nSPS) is 13.4. The van der Waals surface area contributed by atoms with Crippen LogP contribution >= 0.6 is 0 Å². The fraction of sp³-hybridized carbons (Fsp3) is 0.500. The summed E-state index contributed by atoms with van der Waals surface area (Å²) in [6, 6.07) is 0. The molecule has 0 aliphatic heterocycles. The van der Waals surface area contributed by atoms with Gasteiger partial charge in [-0.15, -0.1) is 0 Å². The summed E-state index contributed by atoms with van der Waals surface area (Å²) in [6.45, 7) is 0. The molecule has 0 spiro atoms. The molecule has 1 unspecified atom stereocenters. The molecule has 0 aliphatic carbocycles. The number of hydrogen-bond donors (Lipinski definition) is 3. The van der Waals surface area contributed by atoms with Crippen LogP contribution in [0.4, 0.5) is 0 Å². The van der Waals surface area contributed by atoms with E-state index < -0.39 is 21.5 Å². The molecule has 0 aliphatic rings. The quantitative estimate of drug-likeness (QED) is 0.323. The van der Waals surface area contributed by atoms with Gasteiger partial charge in [0.05, 0.1) is 0 Å². The Morgan fingerprint density at radius 1 is 1.40 bits per heavy atom. The van der Waals surface area contributed by atoms with Crippen molar-refractivity contribution < 1.29 is 28.0 Å². The Bertz CT molecular complexity index is 206. The standard InChI is InChI=1S/C2H4O6S.Na.H/c3-1(4)2(5)9(6,7)8;;/h2,5H,(H,3,4)(H,6,7,8);;. The second kappa shape index (κ2) is 4.27. The van der Waals surface area contributed by atoms with Crippen LogP contribution in [-0.2, 0) is 14.9 Å². The van der Waals surface area contributed by atoms with Crippen molar-refractivity contribution >= 4 is 45.6 Å². The first kappa shape index (κ1) is 13.0. The Morgan fingerprint density at radius 3 is 1.70 bits per heavy atom. The average molecular weight is 180 g/mol. The Kier molecular flexibility index (Phi) is 5.53. The number of aliphatic carboxylic acids is 1. The monoisotopic (exact) mass is 180 g/mol. The number of hydrogen-bond acceptors (Lipinski definition) is 4. The SMILES string of the molecule is O=C(O)C(O)S(=O)(=O)O.[NaH]. The summed E-state index contributed by atoms with van der Waals surface area (Å²) in [5.41, 5.74) is -2.74. The molecule has 0 aromatic carbocycles. The molecular formula is C2H5NaO6S. The second-order valence-electron chi connectivity index (χ2n) is 1.21. The van der Waals surface area contributed by atoms with Gasteiger partial charge in [0.2, 0.25) is 0 Å². The van der Waals surface area contributed by atoms with Crippen molar-refractivity contribution in [1.82, 2.24) is 0 Å². The molecular weight excluding hydrogens is 175 g/mol. The first-order valence-corrected chi connectivity index (χ1v) is 3.23. The molecule has 10 heavy (non-hydrogen) atoms. The summed E-state index contributed by atoms with van der Waals surface area (Å²) >= 11 is 0. The van der Waals surface area contributed by atoms with Crippen LogP contribution in [0.25, 0.3) is 0 Å². The van der Waals surface area contributed by atoms with Crippen LogP contribution in [0.15, 0.2) is 0 Å². The van der Waals surface area contributed by atoms with E-state index in [0.717, 1.165) is 0 Å². The van der Waals surface area contributed by atoms with E-state index in [0.29, 0.717) is 0 Å². The second-order valence-corrected chi connectivity index (χ2v) is 2.68. The summed E-state index contributed by atoms with van der Waals surface area (Å²) in [7, 11) is -4.85. The maximum atomic E-state index is 9.70. The Hall–Kier alpha value is 0.340. The van der Waals surface area contributed by atoms with Gasteiger partial charge < -0.3 is 10.2 Å². The number of aliphatic hydroxyl groups excluding tert-OH is 1. The fourth-order valence-corrected chi connectivity index (χ4v) is 0.382. The molecule has 6 nitrogen and oxygen atoms in total. The van der Waals surface area contributed by atoms with Gasteiger partial charge in [0.25, 0.3) is 5.44 Å². The molecule has 0 rings (SSSR count). The van der Waals surface area contributed by atoms with E-state index in [1.165, 1.54) is 0 Å². The minimum absolute atomic E-state index is 0. The Morgan fingerprint density at radius 2 is 1.70 bits per heavy atom. The van der Waals surface area contributed by atoms with Crippen molar-refractivity contribution in [3.63, 3.8) is 0 Å². The van der Waals surface area contributed by atoms with Crippen molar-refractivity contribution in [1.29, 1.82) is 0 Å². The van der Waals surface area contributed by atoms with Crippen molar-refractivity contribution in [2.45, 2.75) is 5.44 Å². The van der Waals surface area contributed by atoms with Gasteiger partial charge in [-0.3, -0.25) is 4.55 Å². The van der Waals surface area contributed by atoms with Gasteiger partial charge in [0.15, 0.2) is 0 Å². The molecule has 1 atom stereocenters. The van der Waals surface area contributed by atoms with Crippen molar-refractivity contribution in [3.8, 4) is 0 Å². The van der Waals surface area contributed by atoms with Crippen LogP contribution in [0.5, 0.6) is 0 Å². The van der Waals surface area contributed by atoms with E-state index >= 15 is 0 Å². The van der Waals surface area contributed by atoms with Gasteiger partial charge >= 0.3 is 45.6 Å². The zero-order chi connectivity index (χ0) is 7.65. The molecule has 0 aromatic heterocycles. The van der Waals surface area contributed by atoms with E-state index in [-0.39, 0.29) is 29.6 Å². The summed E-state index contributed by atoms with van der Waals surface area (Å²) < 4.78 is 27.2.